The van der Waals surface area contributed by atoms with E-state index in [9.17, 15) is 14.0 Å². The van der Waals surface area contributed by atoms with E-state index >= 15 is 0 Å². The molecule has 2 aliphatic rings. The van der Waals surface area contributed by atoms with Gasteiger partial charge in [0.15, 0.2) is 5.13 Å². The third kappa shape index (κ3) is 4.82. The first-order valence-electron chi connectivity index (χ1n) is 10.1. The summed E-state index contributed by atoms with van der Waals surface area (Å²) in [5, 5.41) is 4.85. The molecule has 4 rings (SSSR count). The Morgan fingerprint density at radius 3 is 2.87 bits per heavy atom. The number of nitrogens with one attached hydrogen (secondary N) is 1. The Balaban J connectivity index is 0.000000287. The van der Waals surface area contributed by atoms with Gasteiger partial charge in [0.1, 0.15) is 5.83 Å². The number of aryl methyl sites for hydroxylation is 1. The Morgan fingerprint density at radius 2 is 2.23 bits per heavy atom. The lowest BCUT2D eigenvalue weighted by atomic mass is 9.94. The molecule has 0 radical (unpaired) electrons. The van der Waals surface area contributed by atoms with Crippen molar-refractivity contribution in [3.05, 3.63) is 66.5 Å². The van der Waals surface area contributed by atoms with Crippen LogP contribution < -0.4 is 5.32 Å². The van der Waals surface area contributed by atoms with E-state index in [0.29, 0.717) is 18.1 Å². The van der Waals surface area contributed by atoms with Crippen molar-refractivity contribution >= 4 is 28.8 Å². The molecule has 9 heteroatoms. The van der Waals surface area contributed by atoms with Gasteiger partial charge in [-0.1, -0.05) is 18.7 Å². The van der Waals surface area contributed by atoms with E-state index in [0.717, 1.165) is 25.1 Å². The number of fused-ring (bicyclic) bond motifs is 1. The Hall–Kier alpha value is -3.07. The van der Waals surface area contributed by atoms with E-state index in [-0.39, 0.29) is 17.9 Å². The summed E-state index contributed by atoms with van der Waals surface area (Å²) in [5.74, 6) is -1.65. The van der Waals surface area contributed by atoms with E-state index in [4.69, 9.17) is 0 Å². The number of halogens is 1. The molecule has 0 saturated carbocycles. The van der Waals surface area contributed by atoms with Crippen LogP contribution in [0, 0.1) is 11.8 Å². The molecule has 0 aromatic carbocycles. The zero-order chi connectivity index (χ0) is 22.4. The summed E-state index contributed by atoms with van der Waals surface area (Å²) in [6.45, 7) is 10.7. The molecule has 2 aliphatic heterocycles. The Bertz CT molecular complexity index is 969. The van der Waals surface area contributed by atoms with Crippen molar-refractivity contribution in [1.29, 1.82) is 0 Å². The quantitative estimate of drug-likeness (QED) is 0.400. The maximum Gasteiger partial charge on any atom is 0.233 e. The van der Waals surface area contributed by atoms with Crippen LogP contribution in [0.5, 0.6) is 0 Å². The third-order valence-corrected chi connectivity index (χ3v) is 6.24. The first kappa shape index (κ1) is 22.6. The first-order chi connectivity index (χ1) is 15.0. The highest BCUT2D eigenvalue weighted by Crippen LogP contribution is 2.38. The van der Waals surface area contributed by atoms with Gasteiger partial charge >= 0.3 is 0 Å². The van der Waals surface area contributed by atoms with E-state index in [1.807, 2.05) is 13.3 Å². The van der Waals surface area contributed by atoms with Gasteiger partial charge in [-0.2, -0.15) is 0 Å². The zero-order valence-corrected chi connectivity index (χ0v) is 18.2. The van der Waals surface area contributed by atoms with Crippen LogP contribution in [0.2, 0.25) is 0 Å². The number of thiazole rings is 1. The van der Waals surface area contributed by atoms with Crippen molar-refractivity contribution in [2.45, 2.75) is 32.4 Å². The molecular weight excluding hydrogens is 417 g/mol. The average Bonchev–Trinajstić information content (AvgIpc) is 3.52. The molecule has 1 saturated heterocycles. The zero-order valence-electron chi connectivity index (χ0n) is 17.4. The number of nitrogens with zero attached hydrogens (tertiary/aromatic N) is 4. The standard InChI is InChI=1S/C18H22FN3O.C4H4N2OS/c1-4-7-14(19)16-13(5-2)10-22(18(16)23)12(3)17-15-8-6-9-21(15)11-20-17;7-3-6-4-5-1-2-8-4/h4-5,7,11-13,16H,1-2,6,8-10H2,3H3;1-3H,(H,5,6,7)/b14-7+;. The topological polar surface area (TPSA) is 80.1 Å². The van der Waals surface area contributed by atoms with E-state index in [2.05, 4.69) is 33.0 Å². The van der Waals surface area contributed by atoms with Crippen LogP contribution in [-0.4, -0.2) is 38.3 Å². The molecule has 0 aliphatic carbocycles. The van der Waals surface area contributed by atoms with Crippen molar-refractivity contribution in [2.75, 3.05) is 11.9 Å². The molecule has 2 aromatic heterocycles. The van der Waals surface area contributed by atoms with Crippen LogP contribution in [0.25, 0.3) is 0 Å². The number of rotatable bonds is 7. The molecule has 4 heterocycles. The van der Waals surface area contributed by atoms with E-state index in [1.165, 1.54) is 29.2 Å². The summed E-state index contributed by atoms with van der Waals surface area (Å²) in [6.07, 6.45) is 10.5. The average molecular weight is 444 g/mol. The molecule has 31 heavy (non-hydrogen) atoms. The number of aromatic nitrogens is 3. The first-order valence-corrected chi connectivity index (χ1v) is 10.9. The van der Waals surface area contributed by atoms with Crippen LogP contribution >= 0.6 is 11.3 Å². The van der Waals surface area contributed by atoms with Crippen molar-refractivity contribution < 1.29 is 14.0 Å². The van der Waals surface area contributed by atoms with E-state index < -0.39 is 11.7 Å². The molecule has 0 spiro atoms. The highest BCUT2D eigenvalue weighted by Gasteiger charge is 2.44. The van der Waals surface area contributed by atoms with Gasteiger partial charge in [0.25, 0.3) is 0 Å². The maximum absolute atomic E-state index is 14.3. The van der Waals surface area contributed by atoms with Gasteiger partial charge in [0.05, 0.1) is 24.0 Å². The second-order valence-corrected chi connectivity index (χ2v) is 8.20. The van der Waals surface area contributed by atoms with Gasteiger partial charge in [-0.05, 0) is 25.8 Å². The number of allylic oxidation sites excluding steroid dienone is 2. The monoisotopic (exact) mass is 443 g/mol. The molecular formula is C22H26FN5O2S. The minimum absolute atomic E-state index is 0.152. The number of hydrogen-bond donors (Lipinski definition) is 1. The summed E-state index contributed by atoms with van der Waals surface area (Å²) in [5.41, 5.74) is 2.14. The lowest BCUT2D eigenvalue weighted by molar-refractivity contribution is -0.132. The highest BCUT2D eigenvalue weighted by molar-refractivity contribution is 7.13. The van der Waals surface area contributed by atoms with Gasteiger partial charge in [-0.3, -0.25) is 9.59 Å². The molecule has 2 aromatic rings. The van der Waals surface area contributed by atoms with E-state index in [1.54, 1.807) is 22.6 Å². The lowest BCUT2D eigenvalue weighted by Crippen LogP contribution is -2.31. The SMILES string of the molecule is C=C/C=C(/F)C1C(=O)N(C(C)c2ncn3c2CCC3)CC1C=C.O=CNc1nccs1. The van der Waals surface area contributed by atoms with Gasteiger partial charge in [-0.15, -0.1) is 17.9 Å². The van der Waals surface area contributed by atoms with Crippen molar-refractivity contribution in [3.8, 4) is 0 Å². The molecule has 3 atom stereocenters. The van der Waals surface area contributed by atoms with Crippen LogP contribution in [-0.2, 0) is 22.6 Å². The molecule has 2 amide bonds. The van der Waals surface area contributed by atoms with Crippen molar-refractivity contribution in [3.63, 3.8) is 0 Å². The number of anilines is 1. The smallest absolute Gasteiger partial charge is 0.233 e. The van der Waals surface area contributed by atoms with Gasteiger partial charge in [0.2, 0.25) is 12.3 Å². The second kappa shape index (κ2) is 10.3. The largest absolute Gasteiger partial charge is 0.334 e. The van der Waals surface area contributed by atoms with Crippen LogP contribution in [0.1, 0.15) is 30.8 Å². The van der Waals surface area contributed by atoms with Gasteiger partial charge in [-0.25, -0.2) is 14.4 Å². The molecule has 164 valence electrons. The number of carbonyl (C=O) groups is 2. The number of carbonyl (C=O) groups excluding carboxylic acids is 2. The molecule has 3 unspecified atom stereocenters. The van der Waals surface area contributed by atoms with Gasteiger partial charge < -0.3 is 14.8 Å². The normalized spacial score (nSPS) is 21.2. The Kier molecular flexibility index (Phi) is 7.51. The molecule has 0 bridgehead atoms. The number of imidazole rings is 1. The molecule has 7 nitrogen and oxygen atoms in total. The van der Waals surface area contributed by atoms with Crippen LogP contribution in [0.15, 0.2) is 55.1 Å². The second-order valence-electron chi connectivity index (χ2n) is 7.30. The predicted molar refractivity (Wildman–Crippen MR) is 119 cm³/mol. The van der Waals surface area contributed by atoms with Crippen LogP contribution in [0.3, 0.4) is 0 Å². The van der Waals surface area contributed by atoms with Crippen molar-refractivity contribution in [2.24, 2.45) is 11.8 Å². The number of hydrogen-bond acceptors (Lipinski definition) is 5. The maximum atomic E-state index is 14.3. The Morgan fingerprint density at radius 1 is 1.42 bits per heavy atom. The third-order valence-electron chi connectivity index (χ3n) is 5.53. The fourth-order valence-electron chi connectivity index (χ4n) is 4.03. The summed E-state index contributed by atoms with van der Waals surface area (Å²) in [7, 11) is 0. The number of likely N-dealkylation sites (tertiary alicyclic amines) is 1. The van der Waals surface area contributed by atoms with Crippen molar-refractivity contribution in [1.82, 2.24) is 19.4 Å². The van der Waals surface area contributed by atoms with Crippen LogP contribution in [0.4, 0.5) is 9.52 Å². The Labute approximate surface area is 185 Å². The summed E-state index contributed by atoms with van der Waals surface area (Å²) in [6, 6.07) is -0.152. The summed E-state index contributed by atoms with van der Waals surface area (Å²) >= 11 is 1.39. The van der Waals surface area contributed by atoms with Gasteiger partial charge in [0, 0.05) is 36.3 Å². The summed E-state index contributed by atoms with van der Waals surface area (Å²) < 4.78 is 16.4. The highest BCUT2D eigenvalue weighted by atomic mass is 32.1. The molecule has 1 fully saturated rings. The fourth-order valence-corrected chi connectivity index (χ4v) is 4.52. The molecule has 1 N–H and O–H groups in total. The minimum atomic E-state index is -0.788. The summed E-state index contributed by atoms with van der Waals surface area (Å²) in [4.78, 5) is 32.5. The minimum Gasteiger partial charge on any atom is -0.334 e. The fraction of sp³-hybridized carbons (Fsp3) is 0.364. The predicted octanol–water partition coefficient (Wildman–Crippen LogP) is 3.90. The number of amides is 2. The lowest BCUT2D eigenvalue weighted by Gasteiger charge is -2.24.